The number of hydrogen-bond acceptors (Lipinski definition) is 2. The lowest BCUT2D eigenvalue weighted by atomic mass is 9.85. The molecule has 1 aliphatic heterocycles. The van der Waals surface area contributed by atoms with Crippen molar-refractivity contribution in [1.29, 1.82) is 0 Å². The average molecular weight is 210 g/mol. The summed E-state index contributed by atoms with van der Waals surface area (Å²) in [6.45, 7) is 11.9. The Bertz CT molecular complexity index is 223. The molecule has 0 aromatic rings. The Labute approximate surface area is 94.4 Å². The maximum absolute atomic E-state index is 3.63. The molecule has 3 atom stereocenters. The van der Waals surface area contributed by atoms with E-state index in [4.69, 9.17) is 0 Å². The first-order valence-electron chi connectivity index (χ1n) is 6.58. The normalized spacial score (nSPS) is 40.4. The van der Waals surface area contributed by atoms with Crippen LogP contribution in [0.4, 0.5) is 0 Å². The molecule has 1 N–H and O–H groups in total. The van der Waals surface area contributed by atoms with Gasteiger partial charge in [0.25, 0.3) is 0 Å². The smallest absolute Gasteiger partial charge is 0.0185 e. The monoisotopic (exact) mass is 210 g/mol. The van der Waals surface area contributed by atoms with Gasteiger partial charge in [-0.3, -0.25) is 4.90 Å². The van der Waals surface area contributed by atoms with Crippen LogP contribution >= 0.6 is 0 Å². The minimum Gasteiger partial charge on any atom is -0.314 e. The van der Waals surface area contributed by atoms with Gasteiger partial charge in [0.15, 0.2) is 0 Å². The van der Waals surface area contributed by atoms with Crippen molar-refractivity contribution >= 4 is 0 Å². The van der Waals surface area contributed by atoms with Crippen LogP contribution in [0.3, 0.4) is 0 Å². The molecule has 1 aliphatic carbocycles. The van der Waals surface area contributed by atoms with Gasteiger partial charge in [0.1, 0.15) is 0 Å². The predicted molar refractivity (Wildman–Crippen MR) is 65.1 cm³/mol. The van der Waals surface area contributed by atoms with Crippen LogP contribution in [0.25, 0.3) is 0 Å². The summed E-state index contributed by atoms with van der Waals surface area (Å²) >= 11 is 0. The highest BCUT2D eigenvalue weighted by Gasteiger charge is 2.48. The van der Waals surface area contributed by atoms with E-state index in [-0.39, 0.29) is 0 Å². The molecular weight excluding hydrogens is 184 g/mol. The van der Waals surface area contributed by atoms with E-state index in [1.54, 1.807) is 0 Å². The molecule has 0 aromatic carbocycles. The zero-order valence-electron chi connectivity index (χ0n) is 10.7. The number of nitrogens with zero attached hydrogens (tertiary/aromatic N) is 1. The van der Waals surface area contributed by atoms with Crippen LogP contribution in [0.2, 0.25) is 0 Å². The highest BCUT2D eigenvalue weighted by molar-refractivity contribution is 5.04. The zero-order valence-corrected chi connectivity index (χ0v) is 10.7. The van der Waals surface area contributed by atoms with Crippen LogP contribution in [0.5, 0.6) is 0 Å². The lowest BCUT2D eigenvalue weighted by molar-refractivity contribution is 0.0427. The molecule has 0 radical (unpaired) electrons. The van der Waals surface area contributed by atoms with Crippen molar-refractivity contribution in [2.45, 2.75) is 64.6 Å². The topological polar surface area (TPSA) is 15.3 Å². The lowest BCUT2D eigenvalue weighted by Crippen LogP contribution is -2.56. The Morgan fingerprint density at radius 2 is 2.00 bits per heavy atom. The molecule has 0 spiro atoms. The zero-order chi connectivity index (χ0) is 11.1. The molecule has 3 unspecified atom stereocenters. The van der Waals surface area contributed by atoms with E-state index >= 15 is 0 Å². The van der Waals surface area contributed by atoms with Crippen LogP contribution in [0.1, 0.15) is 47.0 Å². The van der Waals surface area contributed by atoms with E-state index in [1.165, 1.54) is 25.8 Å². The maximum atomic E-state index is 3.63. The van der Waals surface area contributed by atoms with Gasteiger partial charge < -0.3 is 5.32 Å². The number of rotatable bonds is 3. The van der Waals surface area contributed by atoms with Crippen LogP contribution < -0.4 is 5.32 Å². The molecule has 2 nitrogen and oxygen atoms in total. The van der Waals surface area contributed by atoms with Gasteiger partial charge in [-0.1, -0.05) is 13.8 Å². The van der Waals surface area contributed by atoms with Crippen molar-refractivity contribution < 1.29 is 0 Å². The third kappa shape index (κ3) is 2.07. The molecule has 2 heteroatoms. The second-order valence-corrected chi connectivity index (χ2v) is 5.74. The van der Waals surface area contributed by atoms with E-state index in [9.17, 15) is 0 Å². The molecule has 0 amide bonds. The van der Waals surface area contributed by atoms with E-state index < -0.39 is 0 Å². The van der Waals surface area contributed by atoms with Crippen molar-refractivity contribution in [3.63, 3.8) is 0 Å². The molecule has 2 fully saturated rings. The number of nitrogens with one attached hydrogen (secondary N) is 1. The summed E-state index contributed by atoms with van der Waals surface area (Å²) in [5.41, 5.74) is 0.560. The molecule has 2 aliphatic rings. The van der Waals surface area contributed by atoms with Crippen molar-refractivity contribution in [2.24, 2.45) is 5.92 Å². The number of piperidine rings is 1. The highest BCUT2D eigenvalue weighted by atomic mass is 15.3. The van der Waals surface area contributed by atoms with E-state index in [1.807, 2.05) is 0 Å². The summed E-state index contributed by atoms with van der Waals surface area (Å²) < 4.78 is 0. The van der Waals surface area contributed by atoms with Crippen LogP contribution in [0, 0.1) is 5.92 Å². The van der Waals surface area contributed by atoms with Gasteiger partial charge in [-0.05, 0) is 45.6 Å². The van der Waals surface area contributed by atoms with Gasteiger partial charge in [0.2, 0.25) is 0 Å². The third-order valence-corrected chi connectivity index (χ3v) is 4.70. The maximum Gasteiger partial charge on any atom is 0.0185 e. The quantitative estimate of drug-likeness (QED) is 0.768. The predicted octanol–water partition coefficient (Wildman–Crippen LogP) is 2.25. The molecule has 88 valence electrons. The Morgan fingerprint density at radius 1 is 1.33 bits per heavy atom. The standard InChI is InChI=1S/C13H26N2/c1-5-14-12-6-9-15(11(3)10(12)2)13(4)7-8-13/h10-12,14H,5-9H2,1-4H3. The molecule has 2 rings (SSSR count). The van der Waals surface area contributed by atoms with Gasteiger partial charge in [-0.25, -0.2) is 0 Å². The van der Waals surface area contributed by atoms with Gasteiger partial charge in [-0.2, -0.15) is 0 Å². The third-order valence-electron chi connectivity index (χ3n) is 4.70. The largest absolute Gasteiger partial charge is 0.314 e. The Hall–Kier alpha value is -0.0800. The number of hydrogen-bond donors (Lipinski definition) is 1. The van der Waals surface area contributed by atoms with E-state index in [0.717, 1.165) is 24.5 Å². The van der Waals surface area contributed by atoms with Crippen molar-refractivity contribution in [3.05, 3.63) is 0 Å². The average Bonchev–Trinajstić information content (AvgIpc) is 2.93. The fourth-order valence-corrected chi connectivity index (χ4v) is 3.14. The van der Waals surface area contributed by atoms with E-state index in [0.29, 0.717) is 5.54 Å². The summed E-state index contributed by atoms with van der Waals surface area (Å²) in [5.74, 6) is 0.788. The minimum atomic E-state index is 0.560. The lowest BCUT2D eigenvalue weighted by Gasteiger charge is -2.46. The summed E-state index contributed by atoms with van der Waals surface area (Å²) in [7, 11) is 0. The van der Waals surface area contributed by atoms with Crippen molar-refractivity contribution in [3.8, 4) is 0 Å². The molecule has 0 aromatic heterocycles. The Morgan fingerprint density at radius 3 is 2.53 bits per heavy atom. The highest BCUT2D eigenvalue weighted by Crippen LogP contribution is 2.45. The molecule has 15 heavy (non-hydrogen) atoms. The van der Waals surface area contributed by atoms with Crippen LogP contribution in [-0.4, -0.2) is 35.6 Å². The fourth-order valence-electron chi connectivity index (χ4n) is 3.14. The molecular formula is C13H26N2. The summed E-state index contributed by atoms with van der Waals surface area (Å²) in [5, 5.41) is 3.63. The molecule has 1 saturated carbocycles. The summed E-state index contributed by atoms with van der Waals surface area (Å²) in [4.78, 5) is 2.76. The first-order chi connectivity index (χ1) is 7.08. The summed E-state index contributed by atoms with van der Waals surface area (Å²) in [6, 6.07) is 1.49. The Balaban J connectivity index is 1.98. The molecule has 0 bridgehead atoms. The van der Waals surface area contributed by atoms with Crippen LogP contribution in [0.15, 0.2) is 0 Å². The van der Waals surface area contributed by atoms with Crippen molar-refractivity contribution in [1.82, 2.24) is 10.2 Å². The summed E-state index contributed by atoms with van der Waals surface area (Å²) in [6.07, 6.45) is 4.15. The van der Waals surface area contributed by atoms with Gasteiger partial charge in [0, 0.05) is 24.2 Å². The Kier molecular flexibility index (Phi) is 3.09. The number of likely N-dealkylation sites (tertiary alicyclic amines) is 1. The second kappa shape index (κ2) is 4.06. The first-order valence-corrected chi connectivity index (χ1v) is 6.58. The fraction of sp³-hybridized carbons (Fsp3) is 1.00. The first kappa shape index (κ1) is 11.4. The van der Waals surface area contributed by atoms with Gasteiger partial charge >= 0.3 is 0 Å². The van der Waals surface area contributed by atoms with Crippen molar-refractivity contribution in [2.75, 3.05) is 13.1 Å². The second-order valence-electron chi connectivity index (χ2n) is 5.74. The van der Waals surface area contributed by atoms with E-state index in [2.05, 4.69) is 37.9 Å². The molecule has 1 heterocycles. The minimum absolute atomic E-state index is 0.560. The SMILES string of the molecule is CCNC1CCN(C2(C)CC2)C(C)C1C. The van der Waals surface area contributed by atoms with Gasteiger partial charge in [-0.15, -0.1) is 0 Å². The van der Waals surface area contributed by atoms with Crippen LogP contribution in [-0.2, 0) is 0 Å². The van der Waals surface area contributed by atoms with Gasteiger partial charge in [0.05, 0.1) is 0 Å². The molecule has 1 saturated heterocycles.